The Bertz CT molecular complexity index is 1150. The Kier molecular flexibility index (Phi) is 4.60. The smallest absolute Gasteiger partial charge is 0.204 e. The summed E-state index contributed by atoms with van der Waals surface area (Å²) in [5.41, 5.74) is -1.24. The van der Waals surface area contributed by atoms with Gasteiger partial charge in [0, 0.05) is 6.07 Å². The number of aromatic hydroxyl groups is 3. The zero-order chi connectivity index (χ0) is 21.0. The van der Waals surface area contributed by atoms with E-state index in [0.29, 0.717) is 0 Å². The molecule has 10 heteroatoms. The van der Waals surface area contributed by atoms with Gasteiger partial charge in [0.1, 0.15) is 58.7 Å². The van der Waals surface area contributed by atoms with E-state index in [1.165, 1.54) is 12.1 Å². The minimum Gasteiger partial charge on any atom is -0.508 e. The average molecular weight is 406 g/mol. The number of hydrogen-bond acceptors (Lipinski definition) is 10. The van der Waals surface area contributed by atoms with Crippen LogP contribution in [0, 0.1) is 0 Å². The predicted octanol–water partition coefficient (Wildman–Crippen LogP) is -0.422. The summed E-state index contributed by atoms with van der Waals surface area (Å²) in [5, 5.41) is 69.7. The fourth-order valence-corrected chi connectivity index (χ4v) is 3.62. The maximum absolute atomic E-state index is 12.9. The van der Waals surface area contributed by atoms with Gasteiger partial charge in [-0.15, -0.1) is 0 Å². The number of aliphatic hydroxyl groups is 4. The van der Waals surface area contributed by atoms with Crippen LogP contribution in [0.3, 0.4) is 0 Å². The van der Waals surface area contributed by atoms with Crippen LogP contribution in [-0.2, 0) is 4.74 Å². The summed E-state index contributed by atoms with van der Waals surface area (Å²) in [5.74, 6) is -1.40. The molecule has 1 aliphatic heterocycles. The molecule has 154 valence electrons. The molecule has 0 saturated carbocycles. The molecule has 7 N–H and O–H groups in total. The first-order chi connectivity index (χ1) is 13.7. The summed E-state index contributed by atoms with van der Waals surface area (Å²) in [6, 6.07) is 4.59. The van der Waals surface area contributed by atoms with Gasteiger partial charge in [-0.25, -0.2) is 0 Å². The highest BCUT2D eigenvalue weighted by Crippen LogP contribution is 2.43. The molecular weight excluding hydrogens is 388 g/mol. The Hall–Kier alpha value is -2.89. The number of rotatable bonds is 2. The second-order valence-corrected chi connectivity index (χ2v) is 6.89. The van der Waals surface area contributed by atoms with Gasteiger partial charge in [-0.1, -0.05) is 0 Å². The fraction of sp³-hybridized carbons (Fsp3) is 0.316. The number of hydrogen-bond donors (Lipinski definition) is 7. The van der Waals surface area contributed by atoms with Crippen molar-refractivity contribution in [1.82, 2.24) is 0 Å². The van der Waals surface area contributed by atoms with Crippen LogP contribution in [0.25, 0.3) is 21.9 Å². The third kappa shape index (κ3) is 2.89. The topological polar surface area (TPSA) is 181 Å². The van der Waals surface area contributed by atoms with E-state index in [-0.39, 0.29) is 33.3 Å². The Morgan fingerprint density at radius 2 is 1.66 bits per heavy atom. The van der Waals surface area contributed by atoms with Crippen LogP contribution in [0.5, 0.6) is 17.2 Å². The molecule has 1 aliphatic rings. The third-order valence-corrected chi connectivity index (χ3v) is 5.10. The summed E-state index contributed by atoms with van der Waals surface area (Å²) in [6.07, 6.45) is -7.84. The standard InChI is InChI=1S/C19H18O10/c20-5-11-15(25)16(26)17(27)19(29-11)13-9(23)4-8(22)12-14(24)7-3-6(21)1-2-10(7)28-18(12)13/h1-4,11,15-17,19-23,25-27H,5H2. The number of ether oxygens (including phenoxy) is 1. The van der Waals surface area contributed by atoms with Crippen molar-refractivity contribution in [2.75, 3.05) is 6.61 Å². The van der Waals surface area contributed by atoms with E-state index >= 15 is 0 Å². The van der Waals surface area contributed by atoms with E-state index in [1.54, 1.807) is 0 Å². The molecular formula is C19H18O10. The molecule has 1 aromatic heterocycles. The largest absolute Gasteiger partial charge is 0.508 e. The molecule has 4 rings (SSSR count). The lowest BCUT2D eigenvalue weighted by molar-refractivity contribution is -0.231. The lowest BCUT2D eigenvalue weighted by Gasteiger charge is -2.40. The molecule has 2 aromatic carbocycles. The number of aliphatic hydroxyl groups excluding tert-OH is 4. The first kappa shape index (κ1) is 19.4. The summed E-state index contributed by atoms with van der Waals surface area (Å²) >= 11 is 0. The normalized spacial score (nSPS) is 27.5. The van der Waals surface area contributed by atoms with E-state index in [2.05, 4.69) is 0 Å². The van der Waals surface area contributed by atoms with Gasteiger partial charge in [0.15, 0.2) is 5.58 Å². The van der Waals surface area contributed by atoms with Gasteiger partial charge in [0.2, 0.25) is 5.43 Å². The van der Waals surface area contributed by atoms with Crippen molar-refractivity contribution in [3.63, 3.8) is 0 Å². The highest BCUT2D eigenvalue weighted by Gasteiger charge is 2.46. The van der Waals surface area contributed by atoms with Crippen LogP contribution in [0.4, 0.5) is 0 Å². The molecule has 29 heavy (non-hydrogen) atoms. The number of phenolic OH excluding ortho intramolecular Hbond substituents is 3. The van der Waals surface area contributed by atoms with Crippen molar-refractivity contribution in [3.8, 4) is 17.2 Å². The second-order valence-electron chi connectivity index (χ2n) is 6.89. The molecule has 5 unspecified atom stereocenters. The Morgan fingerprint density at radius 1 is 0.931 bits per heavy atom. The molecule has 0 amide bonds. The predicted molar refractivity (Wildman–Crippen MR) is 97.7 cm³/mol. The van der Waals surface area contributed by atoms with Gasteiger partial charge in [-0.2, -0.15) is 0 Å². The van der Waals surface area contributed by atoms with Crippen LogP contribution in [0.15, 0.2) is 33.5 Å². The Morgan fingerprint density at radius 3 is 2.34 bits per heavy atom. The fourth-order valence-electron chi connectivity index (χ4n) is 3.62. The zero-order valence-corrected chi connectivity index (χ0v) is 14.8. The molecule has 0 aliphatic carbocycles. The minimum atomic E-state index is -1.74. The van der Waals surface area contributed by atoms with E-state index in [9.17, 15) is 40.5 Å². The first-order valence-corrected chi connectivity index (χ1v) is 8.69. The van der Waals surface area contributed by atoms with Gasteiger partial charge in [-0.05, 0) is 18.2 Å². The van der Waals surface area contributed by atoms with Crippen LogP contribution < -0.4 is 5.43 Å². The van der Waals surface area contributed by atoms with Crippen molar-refractivity contribution in [2.24, 2.45) is 0 Å². The monoisotopic (exact) mass is 406 g/mol. The van der Waals surface area contributed by atoms with Crippen molar-refractivity contribution >= 4 is 21.9 Å². The first-order valence-electron chi connectivity index (χ1n) is 8.69. The summed E-state index contributed by atoms with van der Waals surface area (Å²) in [4.78, 5) is 12.9. The van der Waals surface area contributed by atoms with Crippen molar-refractivity contribution < 1.29 is 44.9 Å². The molecule has 0 radical (unpaired) electrons. The second kappa shape index (κ2) is 6.87. The lowest BCUT2D eigenvalue weighted by Crippen LogP contribution is -2.55. The van der Waals surface area contributed by atoms with Gasteiger partial charge < -0.3 is 44.9 Å². The zero-order valence-electron chi connectivity index (χ0n) is 14.8. The third-order valence-electron chi connectivity index (χ3n) is 5.10. The van der Waals surface area contributed by atoms with Gasteiger partial charge in [0.05, 0.1) is 17.6 Å². The van der Waals surface area contributed by atoms with E-state index in [1.807, 2.05) is 0 Å². The van der Waals surface area contributed by atoms with Gasteiger partial charge >= 0.3 is 0 Å². The maximum atomic E-state index is 12.9. The molecule has 1 saturated heterocycles. The van der Waals surface area contributed by atoms with Gasteiger partial charge in [-0.3, -0.25) is 4.79 Å². The van der Waals surface area contributed by atoms with Crippen molar-refractivity contribution in [2.45, 2.75) is 30.5 Å². The van der Waals surface area contributed by atoms with E-state index in [0.717, 1.165) is 12.1 Å². The van der Waals surface area contributed by atoms with Crippen molar-refractivity contribution in [1.29, 1.82) is 0 Å². The molecule has 3 aromatic rings. The maximum Gasteiger partial charge on any atom is 0.204 e. The van der Waals surface area contributed by atoms with Crippen LogP contribution in [-0.4, -0.2) is 66.8 Å². The highest BCUT2D eigenvalue weighted by atomic mass is 16.5. The summed E-state index contributed by atoms with van der Waals surface area (Å²) < 4.78 is 11.1. The lowest BCUT2D eigenvalue weighted by atomic mass is 9.89. The quantitative estimate of drug-likeness (QED) is 0.276. The molecule has 0 spiro atoms. The number of benzene rings is 2. The molecule has 2 heterocycles. The summed E-state index contributed by atoms with van der Waals surface area (Å²) in [7, 11) is 0. The average Bonchev–Trinajstić information content (AvgIpc) is 2.68. The summed E-state index contributed by atoms with van der Waals surface area (Å²) in [6.45, 7) is -0.690. The SMILES string of the molecule is O=c1c2cc(O)ccc2oc2c(C3OC(CO)C(O)C(O)C3O)c(O)cc(O)c12. The Balaban J connectivity index is 2.03. The Labute approximate surface area is 162 Å². The van der Waals surface area contributed by atoms with Crippen LogP contribution >= 0.6 is 0 Å². The van der Waals surface area contributed by atoms with Gasteiger partial charge in [0.25, 0.3) is 0 Å². The molecule has 5 atom stereocenters. The molecule has 10 nitrogen and oxygen atoms in total. The van der Waals surface area contributed by atoms with E-state index < -0.39 is 54.1 Å². The van der Waals surface area contributed by atoms with Crippen LogP contribution in [0.1, 0.15) is 11.7 Å². The van der Waals surface area contributed by atoms with Crippen molar-refractivity contribution in [3.05, 3.63) is 40.1 Å². The van der Waals surface area contributed by atoms with E-state index in [4.69, 9.17) is 9.15 Å². The molecule has 1 fully saturated rings. The molecule has 0 bridgehead atoms. The number of phenols is 3. The minimum absolute atomic E-state index is 0.0242. The van der Waals surface area contributed by atoms with Crippen LogP contribution in [0.2, 0.25) is 0 Å². The highest BCUT2D eigenvalue weighted by molar-refractivity contribution is 5.96. The number of fused-ring (bicyclic) bond motifs is 2.